The maximum atomic E-state index is 12.4. The van der Waals surface area contributed by atoms with Crippen LogP contribution in [0.15, 0.2) is 54.6 Å². The molecule has 152 valence electrons. The van der Waals surface area contributed by atoms with Gasteiger partial charge in [-0.1, -0.05) is 42.5 Å². The summed E-state index contributed by atoms with van der Waals surface area (Å²) in [5, 5.41) is 14.8. The number of amides is 2. The molecule has 1 aromatic heterocycles. The first-order valence-electron chi connectivity index (χ1n) is 9.75. The number of carboxylic acid groups (broad SMARTS) is 1. The van der Waals surface area contributed by atoms with Gasteiger partial charge < -0.3 is 20.3 Å². The summed E-state index contributed by atoms with van der Waals surface area (Å²) in [7, 11) is 0. The number of imidazole rings is 1. The van der Waals surface area contributed by atoms with Crippen LogP contribution in [0.1, 0.15) is 24.2 Å². The molecule has 1 atom stereocenters. The van der Waals surface area contributed by atoms with Crippen molar-refractivity contribution < 1.29 is 14.7 Å². The Hall–Kier alpha value is -3.35. The van der Waals surface area contributed by atoms with Crippen molar-refractivity contribution in [3.8, 4) is 0 Å². The van der Waals surface area contributed by atoms with E-state index >= 15 is 0 Å². The van der Waals surface area contributed by atoms with Crippen LogP contribution in [0.2, 0.25) is 0 Å². The number of carbonyl (C=O) groups is 2. The van der Waals surface area contributed by atoms with E-state index in [0.717, 1.165) is 22.4 Å². The third kappa shape index (κ3) is 5.81. The van der Waals surface area contributed by atoms with Gasteiger partial charge in [-0.15, -0.1) is 0 Å². The summed E-state index contributed by atoms with van der Waals surface area (Å²) in [6.45, 7) is 3.00. The molecule has 1 unspecified atom stereocenters. The number of nitrogens with zero attached hydrogens (tertiary/aromatic N) is 2. The van der Waals surface area contributed by atoms with Crippen molar-refractivity contribution in [2.24, 2.45) is 0 Å². The predicted octanol–water partition coefficient (Wildman–Crippen LogP) is 3.12. The average Bonchev–Trinajstić information content (AvgIpc) is 3.02. The first-order valence-corrected chi connectivity index (χ1v) is 9.75. The Bertz CT molecular complexity index is 969. The smallest absolute Gasteiger partial charge is 0.315 e. The number of aliphatic carboxylic acids is 1. The van der Waals surface area contributed by atoms with Crippen LogP contribution in [0.4, 0.5) is 4.79 Å². The predicted molar refractivity (Wildman–Crippen MR) is 112 cm³/mol. The van der Waals surface area contributed by atoms with Gasteiger partial charge in [-0.25, -0.2) is 9.78 Å². The van der Waals surface area contributed by atoms with Crippen LogP contribution < -0.4 is 10.6 Å². The molecule has 29 heavy (non-hydrogen) atoms. The van der Waals surface area contributed by atoms with Gasteiger partial charge >= 0.3 is 12.0 Å². The summed E-state index contributed by atoms with van der Waals surface area (Å²) in [5.41, 5.74) is 3.03. The van der Waals surface area contributed by atoms with Crippen molar-refractivity contribution in [3.05, 3.63) is 66.0 Å². The number of urea groups is 1. The number of rotatable bonds is 9. The van der Waals surface area contributed by atoms with Crippen molar-refractivity contribution >= 4 is 23.0 Å². The summed E-state index contributed by atoms with van der Waals surface area (Å²) in [6.07, 6.45) is 0.980. The number of carbonyl (C=O) groups excluding carboxylic acids is 1. The van der Waals surface area contributed by atoms with E-state index in [1.807, 2.05) is 61.5 Å². The van der Waals surface area contributed by atoms with E-state index in [1.165, 1.54) is 0 Å². The lowest BCUT2D eigenvalue weighted by molar-refractivity contribution is -0.137. The average molecular weight is 394 g/mol. The first-order chi connectivity index (χ1) is 14.0. The van der Waals surface area contributed by atoms with E-state index in [1.54, 1.807) is 0 Å². The van der Waals surface area contributed by atoms with E-state index in [9.17, 15) is 9.59 Å². The molecule has 3 N–H and O–H groups in total. The largest absolute Gasteiger partial charge is 0.481 e. The first kappa shape index (κ1) is 20.4. The molecule has 0 spiro atoms. The highest BCUT2D eigenvalue weighted by Gasteiger charge is 2.15. The van der Waals surface area contributed by atoms with Gasteiger partial charge in [0.05, 0.1) is 11.0 Å². The molecule has 0 aliphatic rings. The van der Waals surface area contributed by atoms with E-state index in [0.29, 0.717) is 25.9 Å². The van der Waals surface area contributed by atoms with Crippen LogP contribution in [0.5, 0.6) is 0 Å². The number of carboxylic acids is 1. The Morgan fingerprint density at radius 1 is 1.10 bits per heavy atom. The molecule has 0 fully saturated rings. The van der Waals surface area contributed by atoms with E-state index in [2.05, 4.69) is 20.2 Å². The van der Waals surface area contributed by atoms with Crippen LogP contribution in [0.25, 0.3) is 11.0 Å². The van der Waals surface area contributed by atoms with Gasteiger partial charge in [-0.05, 0) is 37.5 Å². The summed E-state index contributed by atoms with van der Waals surface area (Å²) >= 11 is 0. The van der Waals surface area contributed by atoms with Crippen molar-refractivity contribution in [2.75, 3.05) is 6.54 Å². The number of nitrogens with one attached hydrogen (secondary N) is 2. The lowest BCUT2D eigenvalue weighted by atomic mass is 10.0. The molecular formula is C22H26N4O3. The van der Waals surface area contributed by atoms with Crippen LogP contribution in [0, 0.1) is 6.92 Å². The molecule has 0 bridgehead atoms. The fourth-order valence-corrected chi connectivity index (χ4v) is 3.42. The fourth-order valence-electron chi connectivity index (χ4n) is 3.42. The molecule has 7 heteroatoms. The van der Waals surface area contributed by atoms with Gasteiger partial charge in [0.25, 0.3) is 0 Å². The van der Waals surface area contributed by atoms with Gasteiger partial charge in [-0.3, -0.25) is 4.79 Å². The van der Waals surface area contributed by atoms with E-state index < -0.39 is 5.97 Å². The fraction of sp³-hybridized carbons (Fsp3) is 0.318. The minimum Gasteiger partial charge on any atom is -0.481 e. The van der Waals surface area contributed by atoms with Crippen molar-refractivity contribution in [3.63, 3.8) is 0 Å². The molecule has 0 radical (unpaired) electrons. The normalized spacial score (nSPS) is 11.9. The zero-order chi connectivity index (χ0) is 20.6. The Kier molecular flexibility index (Phi) is 6.84. The number of benzene rings is 2. The zero-order valence-corrected chi connectivity index (χ0v) is 16.5. The summed E-state index contributed by atoms with van der Waals surface area (Å²) in [5.74, 6) is 0.0320. The lowest BCUT2D eigenvalue weighted by Gasteiger charge is -2.19. The molecule has 0 aliphatic carbocycles. The third-order valence-electron chi connectivity index (χ3n) is 4.83. The van der Waals surface area contributed by atoms with Crippen LogP contribution in [-0.2, 0) is 17.8 Å². The van der Waals surface area contributed by atoms with Crippen molar-refractivity contribution in [2.45, 2.75) is 38.8 Å². The number of aromatic nitrogens is 2. The maximum absolute atomic E-state index is 12.4. The number of hydrogen-bond acceptors (Lipinski definition) is 3. The van der Waals surface area contributed by atoms with Gasteiger partial charge in [0.1, 0.15) is 5.82 Å². The topological polar surface area (TPSA) is 96.3 Å². The number of aryl methyl sites for hydroxylation is 1. The summed E-state index contributed by atoms with van der Waals surface area (Å²) < 4.78 is 2.07. The molecule has 0 aliphatic heterocycles. The second kappa shape index (κ2) is 9.73. The molecule has 2 aromatic carbocycles. The number of para-hydroxylation sites is 2. The Balaban J connectivity index is 1.54. The highest BCUT2D eigenvalue weighted by Crippen LogP contribution is 2.14. The Morgan fingerprint density at radius 3 is 2.59 bits per heavy atom. The maximum Gasteiger partial charge on any atom is 0.315 e. The molecule has 3 aromatic rings. The quantitative estimate of drug-likeness (QED) is 0.519. The molecular weight excluding hydrogens is 368 g/mol. The van der Waals surface area contributed by atoms with Crippen LogP contribution in [0.3, 0.4) is 0 Å². The Morgan fingerprint density at radius 2 is 1.83 bits per heavy atom. The second-order valence-electron chi connectivity index (χ2n) is 7.02. The second-order valence-corrected chi connectivity index (χ2v) is 7.02. The monoisotopic (exact) mass is 394 g/mol. The minimum atomic E-state index is -0.868. The number of hydrogen-bond donors (Lipinski definition) is 3. The highest BCUT2D eigenvalue weighted by molar-refractivity contribution is 5.76. The molecule has 2 amide bonds. The van der Waals surface area contributed by atoms with Gasteiger partial charge in [0.15, 0.2) is 0 Å². The minimum absolute atomic E-state index is 0.0119. The third-order valence-corrected chi connectivity index (χ3v) is 4.83. The van der Waals surface area contributed by atoms with Crippen molar-refractivity contribution in [1.29, 1.82) is 0 Å². The summed E-state index contributed by atoms with van der Waals surface area (Å²) in [6, 6.07) is 17.1. The molecule has 0 saturated carbocycles. The van der Waals surface area contributed by atoms with Gasteiger partial charge in [0.2, 0.25) is 0 Å². The van der Waals surface area contributed by atoms with Gasteiger partial charge in [-0.2, -0.15) is 0 Å². The van der Waals surface area contributed by atoms with E-state index in [-0.39, 0.29) is 18.5 Å². The van der Waals surface area contributed by atoms with Gasteiger partial charge in [0, 0.05) is 25.6 Å². The van der Waals surface area contributed by atoms with Crippen LogP contribution >= 0.6 is 0 Å². The number of fused-ring (bicyclic) bond motifs is 1. The molecule has 1 heterocycles. The highest BCUT2D eigenvalue weighted by atomic mass is 16.4. The molecule has 7 nitrogen and oxygen atoms in total. The SMILES string of the molecule is Cc1nc2ccccc2n1CCNC(=O)NC(CCC(=O)O)Cc1ccccc1. The van der Waals surface area contributed by atoms with Crippen molar-refractivity contribution in [1.82, 2.24) is 20.2 Å². The molecule has 0 saturated heterocycles. The molecule has 3 rings (SSSR count). The standard InChI is InChI=1S/C22H26N4O3/c1-16-24-19-9-5-6-10-20(19)26(16)14-13-23-22(29)25-18(11-12-21(27)28)15-17-7-3-2-4-8-17/h2-10,18H,11-15H2,1H3,(H,27,28)(H2,23,25,29). The Labute approximate surface area is 169 Å². The van der Waals surface area contributed by atoms with E-state index in [4.69, 9.17) is 5.11 Å². The van der Waals surface area contributed by atoms with Crippen LogP contribution in [-0.4, -0.2) is 39.2 Å². The lowest BCUT2D eigenvalue weighted by Crippen LogP contribution is -2.44. The summed E-state index contributed by atoms with van der Waals surface area (Å²) in [4.78, 5) is 27.8. The zero-order valence-electron chi connectivity index (χ0n) is 16.5.